The largest absolute Gasteiger partial charge is 0.370 e. The fourth-order valence-corrected chi connectivity index (χ4v) is 1.27. The number of carbonyl (C=O) groups is 1. The summed E-state index contributed by atoms with van der Waals surface area (Å²) in [5.74, 6) is -0.305. The number of aryl methyl sites for hydroxylation is 1. The molecule has 0 unspecified atom stereocenters. The number of nitrogens with two attached hydrogens (primary N) is 1. The lowest BCUT2D eigenvalue weighted by atomic mass is 10.2. The average molecular weight is 190 g/mol. The summed E-state index contributed by atoms with van der Waals surface area (Å²) >= 11 is 0. The van der Waals surface area contributed by atoms with Gasteiger partial charge in [-0.2, -0.15) is 5.10 Å². The van der Waals surface area contributed by atoms with E-state index in [4.69, 9.17) is 5.73 Å². The highest BCUT2D eigenvalue weighted by Crippen LogP contribution is 2.05. The Labute approximate surface area is 80.6 Å². The molecule has 0 aliphatic heterocycles. The number of aromatic nitrogens is 3. The van der Waals surface area contributed by atoms with Crippen LogP contribution in [-0.2, 0) is 11.2 Å². The van der Waals surface area contributed by atoms with Crippen molar-refractivity contribution in [1.82, 2.24) is 14.6 Å². The molecule has 0 spiro atoms. The first-order valence-corrected chi connectivity index (χ1v) is 4.32. The minimum atomic E-state index is -0.305. The van der Waals surface area contributed by atoms with E-state index < -0.39 is 0 Å². The number of amides is 1. The number of nitrogens with zero attached hydrogens (tertiary/aromatic N) is 3. The molecule has 72 valence electrons. The average Bonchev–Trinajstić information content (AvgIpc) is 2.57. The fourth-order valence-electron chi connectivity index (χ4n) is 1.27. The van der Waals surface area contributed by atoms with Crippen LogP contribution >= 0.6 is 0 Å². The Morgan fingerprint density at radius 1 is 1.57 bits per heavy atom. The van der Waals surface area contributed by atoms with Gasteiger partial charge in [0.25, 0.3) is 0 Å². The van der Waals surface area contributed by atoms with Gasteiger partial charge in [-0.05, 0) is 6.07 Å². The van der Waals surface area contributed by atoms with Crippen molar-refractivity contribution in [2.45, 2.75) is 12.8 Å². The Bertz CT molecular complexity index is 430. The molecule has 2 rings (SSSR count). The lowest BCUT2D eigenvalue weighted by Gasteiger charge is -1.90. The highest BCUT2D eigenvalue weighted by Gasteiger charge is 2.02. The van der Waals surface area contributed by atoms with Gasteiger partial charge in [0.2, 0.25) is 5.91 Å². The first-order valence-electron chi connectivity index (χ1n) is 4.32. The monoisotopic (exact) mass is 190 g/mol. The second kappa shape index (κ2) is 3.45. The van der Waals surface area contributed by atoms with E-state index in [1.807, 2.05) is 6.07 Å². The molecule has 2 heterocycles. The van der Waals surface area contributed by atoms with Crippen LogP contribution < -0.4 is 5.73 Å². The van der Waals surface area contributed by atoms with Crippen molar-refractivity contribution < 1.29 is 4.79 Å². The molecule has 5 nitrogen and oxygen atoms in total. The first kappa shape index (κ1) is 8.68. The summed E-state index contributed by atoms with van der Waals surface area (Å²) in [6, 6.07) is 1.90. The highest BCUT2D eigenvalue weighted by atomic mass is 16.1. The SMILES string of the molecule is NC(=O)CCc1cc2cnccn2n1. The van der Waals surface area contributed by atoms with E-state index in [9.17, 15) is 4.79 Å². The molecule has 5 heteroatoms. The normalized spacial score (nSPS) is 10.6. The van der Waals surface area contributed by atoms with Crippen molar-refractivity contribution in [3.8, 4) is 0 Å². The van der Waals surface area contributed by atoms with Gasteiger partial charge in [-0.15, -0.1) is 0 Å². The van der Waals surface area contributed by atoms with E-state index >= 15 is 0 Å². The van der Waals surface area contributed by atoms with Gasteiger partial charge in [0.1, 0.15) is 0 Å². The minimum absolute atomic E-state index is 0.305. The molecule has 0 aliphatic carbocycles. The molecule has 0 saturated heterocycles. The Hall–Kier alpha value is -1.91. The van der Waals surface area contributed by atoms with E-state index in [1.54, 1.807) is 23.1 Å². The molecular formula is C9H10N4O. The zero-order valence-electron chi connectivity index (χ0n) is 7.55. The van der Waals surface area contributed by atoms with Crippen molar-refractivity contribution in [1.29, 1.82) is 0 Å². The van der Waals surface area contributed by atoms with Gasteiger partial charge in [0, 0.05) is 25.2 Å². The molecule has 0 bridgehead atoms. The van der Waals surface area contributed by atoms with Crippen LogP contribution in [0.4, 0.5) is 0 Å². The van der Waals surface area contributed by atoms with E-state index in [0.29, 0.717) is 12.8 Å². The van der Waals surface area contributed by atoms with Gasteiger partial charge in [0.15, 0.2) is 0 Å². The number of rotatable bonds is 3. The lowest BCUT2D eigenvalue weighted by molar-refractivity contribution is -0.118. The van der Waals surface area contributed by atoms with Crippen molar-refractivity contribution in [3.05, 3.63) is 30.4 Å². The molecule has 14 heavy (non-hydrogen) atoms. The van der Waals surface area contributed by atoms with Crippen molar-refractivity contribution in [2.75, 3.05) is 0 Å². The summed E-state index contributed by atoms with van der Waals surface area (Å²) in [6.45, 7) is 0. The second-order valence-corrected chi connectivity index (χ2v) is 3.05. The molecule has 1 amide bonds. The van der Waals surface area contributed by atoms with Crippen LogP contribution in [0.15, 0.2) is 24.7 Å². The van der Waals surface area contributed by atoms with Gasteiger partial charge < -0.3 is 5.73 Å². The summed E-state index contributed by atoms with van der Waals surface area (Å²) in [4.78, 5) is 14.5. The van der Waals surface area contributed by atoms with Crippen molar-refractivity contribution in [3.63, 3.8) is 0 Å². The molecule has 0 saturated carbocycles. The number of carbonyl (C=O) groups excluding carboxylic acids is 1. The van der Waals surface area contributed by atoms with Crippen molar-refractivity contribution >= 4 is 11.4 Å². The van der Waals surface area contributed by atoms with Gasteiger partial charge in [0.05, 0.1) is 17.4 Å². The van der Waals surface area contributed by atoms with Gasteiger partial charge in [-0.1, -0.05) is 0 Å². The number of fused-ring (bicyclic) bond motifs is 1. The summed E-state index contributed by atoms with van der Waals surface area (Å²) < 4.78 is 1.73. The van der Waals surface area contributed by atoms with E-state index in [-0.39, 0.29) is 5.91 Å². The molecule has 2 aromatic rings. The van der Waals surface area contributed by atoms with Crippen LogP contribution in [0.3, 0.4) is 0 Å². The Kier molecular flexibility index (Phi) is 2.14. The van der Waals surface area contributed by atoms with E-state index in [2.05, 4.69) is 10.1 Å². The van der Waals surface area contributed by atoms with Crippen LogP contribution in [-0.4, -0.2) is 20.5 Å². The van der Waals surface area contributed by atoms with Crippen LogP contribution in [0, 0.1) is 0 Å². The van der Waals surface area contributed by atoms with Crippen LogP contribution in [0.25, 0.3) is 5.52 Å². The summed E-state index contributed by atoms with van der Waals surface area (Å²) in [5.41, 5.74) is 6.83. The van der Waals surface area contributed by atoms with Crippen molar-refractivity contribution in [2.24, 2.45) is 5.73 Å². The first-order chi connectivity index (χ1) is 6.75. The second-order valence-electron chi connectivity index (χ2n) is 3.05. The fraction of sp³-hybridized carbons (Fsp3) is 0.222. The Morgan fingerprint density at radius 2 is 2.43 bits per heavy atom. The predicted molar refractivity (Wildman–Crippen MR) is 50.5 cm³/mol. The molecule has 0 aliphatic rings. The molecular weight excluding hydrogens is 180 g/mol. The highest BCUT2D eigenvalue weighted by molar-refractivity contribution is 5.74. The van der Waals surface area contributed by atoms with E-state index in [0.717, 1.165) is 11.2 Å². The third-order valence-corrected chi connectivity index (χ3v) is 1.94. The number of hydrogen-bond acceptors (Lipinski definition) is 3. The quantitative estimate of drug-likeness (QED) is 0.748. The smallest absolute Gasteiger partial charge is 0.217 e. The maximum Gasteiger partial charge on any atom is 0.217 e. The van der Waals surface area contributed by atoms with Gasteiger partial charge >= 0.3 is 0 Å². The lowest BCUT2D eigenvalue weighted by Crippen LogP contribution is -2.11. The maximum absolute atomic E-state index is 10.6. The summed E-state index contributed by atoms with van der Waals surface area (Å²) in [7, 11) is 0. The zero-order valence-corrected chi connectivity index (χ0v) is 7.55. The predicted octanol–water partition coefficient (Wildman–Crippen LogP) is 0.147. The maximum atomic E-state index is 10.6. The van der Waals surface area contributed by atoms with Crippen LogP contribution in [0.1, 0.15) is 12.1 Å². The van der Waals surface area contributed by atoms with Gasteiger partial charge in [-0.3, -0.25) is 9.78 Å². The third kappa shape index (κ3) is 1.71. The zero-order chi connectivity index (χ0) is 9.97. The Balaban J connectivity index is 2.22. The molecule has 0 radical (unpaired) electrons. The molecule has 0 atom stereocenters. The minimum Gasteiger partial charge on any atom is -0.370 e. The standard InChI is InChI=1S/C9H10N4O/c10-9(14)2-1-7-5-8-6-11-3-4-13(8)12-7/h3-6H,1-2H2,(H2,10,14). The van der Waals surface area contributed by atoms with E-state index in [1.165, 1.54) is 0 Å². The molecule has 2 aromatic heterocycles. The molecule has 2 N–H and O–H groups in total. The number of primary amides is 1. The van der Waals surface area contributed by atoms with Crippen LogP contribution in [0.2, 0.25) is 0 Å². The Morgan fingerprint density at radius 3 is 3.14 bits per heavy atom. The van der Waals surface area contributed by atoms with Gasteiger partial charge in [-0.25, -0.2) is 4.52 Å². The number of hydrogen-bond donors (Lipinski definition) is 1. The third-order valence-electron chi connectivity index (χ3n) is 1.94. The summed E-state index contributed by atoms with van der Waals surface area (Å²) in [5, 5.41) is 4.25. The molecule has 0 fully saturated rings. The van der Waals surface area contributed by atoms with Crippen LogP contribution in [0.5, 0.6) is 0 Å². The topological polar surface area (TPSA) is 73.3 Å². The summed E-state index contributed by atoms with van der Waals surface area (Å²) in [6.07, 6.45) is 6.07. The molecule has 0 aromatic carbocycles.